The maximum Gasteiger partial charge on any atom is 0.171 e. The lowest BCUT2D eigenvalue weighted by Gasteiger charge is -2.16. The number of unbranched alkanes of at least 4 members (excludes halogenated alkanes) is 13. The van der Waals surface area contributed by atoms with Gasteiger partial charge in [0, 0.05) is 18.1 Å². The van der Waals surface area contributed by atoms with Gasteiger partial charge in [0.2, 0.25) is 0 Å². The van der Waals surface area contributed by atoms with Gasteiger partial charge in [0.1, 0.15) is 6.54 Å². The fourth-order valence-corrected chi connectivity index (χ4v) is 5.04. The first-order valence-corrected chi connectivity index (χ1v) is 14.8. The molecule has 1 atom stereocenters. The van der Waals surface area contributed by atoms with Crippen molar-refractivity contribution in [3.05, 3.63) is 30.1 Å². The van der Waals surface area contributed by atoms with E-state index in [9.17, 15) is 0 Å². The van der Waals surface area contributed by atoms with Gasteiger partial charge in [-0.25, -0.2) is 4.57 Å². The van der Waals surface area contributed by atoms with E-state index in [-0.39, 0.29) is 0 Å². The summed E-state index contributed by atoms with van der Waals surface area (Å²) in [6.45, 7) is 8.13. The van der Waals surface area contributed by atoms with Gasteiger partial charge >= 0.3 is 0 Å². The van der Waals surface area contributed by atoms with Crippen LogP contribution in [0.1, 0.15) is 155 Å². The van der Waals surface area contributed by atoms with E-state index < -0.39 is 0 Å². The second-order valence-electron chi connectivity index (χ2n) is 10.4. The normalized spacial score (nSPS) is 12.3. The molecule has 0 aliphatic heterocycles. The van der Waals surface area contributed by atoms with Crippen molar-refractivity contribution < 1.29 is 4.57 Å². The van der Waals surface area contributed by atoms with E-state index >= 15 is 0 Å². The quantitative estimate of drug-likeness (QED) is 0.117. The van der Waals surface area contributed by atoms with Crippen LogP contribution >= 0.6 is 0 Å². The average Bonchev–Trinajstić information content (AvgIpc) is 2.81. The van der Waals surface area contributed by atoms with Gasteiger partial charge in [-0.1, -0.05) is 130 Å². The minimum Gasteiger partial charge on any atom is -0.205 e. The molecule has 1 aromatic rings. The fourth-order valence-electron chi connectivity index (χ4n) is 5.04. The van der Waals surface area contributed by atoms with Crippen molar-refractivity contribution in [3.63, 3.8) is 0 Å². The van der Waals surface area contributed by atoms with Crippen molar-refractivity contribution in [2.45, 2.75) is 162 Å². The first-order chi connectivity index (χ1) is 15.8. The molecule has 0 amide bonds. The molecular formula is C31H58N+. The van der Waals surface area contributed by atoms with E-state index in [0.717, 1.165) is 5.92 Å². The van der Waals surface area contributed by atoms with Gasteiger partial charge in [-0.3, -0.25) is 0 Å². The van der Waals surface area contributed by atoms with Crippen molar-refractivity contribution in [2.75, 3.05) is 0 Å². The summed E-state index contributed by atoms with van der Waals surface area (Å²) in [4.78, 5) is 0. The second-order valence-corrected chi connectivity index (χ2v) is 10.4. The van der Waals surface area contributed by atoms with Crippen molar-refractivity contribution in [1.29, 1.82) is 0 Å². The Hall–Kier alpha value is -0.850. The Morgan fingerprint density at radius 1 is 0.594 bits per heavy atom. The van der Waals surface area contributed by atoms with Crippen LogP contribution in [0.15, 0.2) is 24.5 Å². The molecule has 1 heterocycles. The highest BCUT2D eigenvalue weighted by Crippen LogP contribution is 2.23. The lowest BCUT2D eigenvalue weighted by atomic mass is 9.90. The zero-order chi connectivity index (χ0) is 23.1. The average molecular weight is 445 g/mol. The summed E-state index contributed by atoms with van der Waals surface area (Å²) < 4.78 is 2.46. The molecule has 0 bridgehead atoms. The minimum atomic E-state index is 0.963. The van der Waals surface area contributed by atoms with Crippen LogP contribution in [0.2, 0.25) is 0 Å². The number of rotatable bonds is 23. The van der Waals surface area contributed by atoms with Gasteiger partial charge in [-0.05, 0) is 31.2 Å². The number of pyridine rings is 1. The van der Waals surface area contributed by atoms with E-state index in [1.165, 1.54) is 147 Å². The van der Waals surface area contributed by atoms with E-state index in [1.807, 2.05) is 0 Å². The Kier molecular flexibility index (Phi) is 20.0. The molecule has 186 valence electrons. The molecule has 0 N–H and O–H groups in total. The maximum atomic E-state index is 2.46. The van der Waals surface area contributed by atoms with Crippen LogP contribution in [-0.2, 0) is 13.0 Å². The largest absolute Gasteiger partial charge is 0.205 e. The predicted octanol–water partition coefficient (Wildman–Crippen LogP) is 9.99. The third-order valence-electron chi connectivity index (χ3n) is 7.20. The SMILES string of the molecule is CCCCCCCCCCC(CCCCCC)CCC[n+]1cccc(CCCCCC)c1. The number of nitrogens with zero attached hydrogens (tertiary/aromatic N) is 1. The number of aromatic nitrogens is 1. The minimum absolute atomic E-state index is 0.963. The summed E-state index contributed by atoms with van der Waals surface area (Å²) in [6, 6.07) is 4.58. The Morgan fingerprint density at radius 3 is 1.72 bits per heavy atom. The van der Waals surface area contributed by atoms with Crippen LogP contribution in [0.4, 0.5) is 0 Å². The monoisotopic (exact) mass is 444 g/mol. The number of hydrogen-bond acceptors (Lipinski definition) is 0. The lowest BCUT2D eigenvalue weighted by molar-refractivity contribution is -0.697. The van der Waals surface area contributed by atoms with E-state index in [0.29, 0.717) is 0 Å². The van der Waals surface area contributed by atoms with Gasteiger partial charge < -0.3 is 0 Å². The van der Waals surface area contributed by atoms with E-state index in [1.54, 1.807) is 0 Å². The first kappa shape index (κ1) is 29.2. The van der Waals surface area contributed by atoms with E-state index in [4.69, 9.17) is 0 Å². The van der Waals surface area contributed by atoms with Crippen LogP contribution in [0.5, 0.6) is 0 Å². The topological polar surface area (TPSA) is 3.88 Å². The molecular weight excluding hydrogens is 386 g/mol. The lowest BCUT2D eigenvalue weighted by Crippen LogP contribution is -2.33. The highest BCUT2D eigenvalue weighted by atomic mass is 14.9. The molecule has 1 aromatic heterocycles. The van der Waals surface area contributed by atoms with Gasteiger partial charge in [-0.15, -0.1) is 0 Å². The molecule has 1 unspecified atom stereocenters. The van der Waals surface area contributed by atoms with Crippen molar-refractivity contribution in [3.8, 4) is 0 Å². The van der Waals surface area contributed by atoms with Crippen LogP contribution in [0, 0.1) is 5.92 Å². The van der Waals surface area contributed by atoms with Gasteiger partial charge in [0.05, 0.1) is 0 Å². The van der Waals surface area contributed by atoms with Crippen LogP contribution in [-0.4, -0.2) is 0 Å². The third kappa shape index (κ3) is 16.7. The highest BCUT2D eigenvalue weighted by Gasteiger charge is 2.11. The Bertz CT molecular complexity index is 509. The summed E-state index contributed by atoms with van der Waals surface area (Å²) in [5, 5.41) is 0. The molecule has 0 aliphatic rings. The standard InChI is InChI=1S/C31H58N/c1-4-7-10-13-14-15-16-19-23-30(22-17-11-8-5-2)25-20-27-32-28-21-26-31(29-32)24-18-12-9-6-3/h21,26,28-30H,4-20,22-25,27H2,1-3H3/q+1. The molecule has 1 rings (SSSR count). The summed E-state index contributed by atoms with van der Waals surface area (Å²) in [5.41, 5.74) is 1.53. The fraction of sp³-hybridized carbons (Fsp3) is 0.839. The van der Waals surface area contributed by atoms with Gasteiger partial charge in [0.25, 0.3) is 0 Å². The van der Waals surface area contributed by atoms with Crippen molar-refractivity contribution in [2.24, 2.45) is 5.92 Å². The van der Waals surface area contributed by atoms with E-state index in [2.05, 4.69) is 49.9 Å². The Balaban J connectivity index is 2.30. The molecule has 0 aromatic carbocycles. The Morgan fingerprint density at radius 2 is 1.09 bits per heavy atom. The maximum absolute atomic E-state index is 2.46. The summed E-state index contributed by atoms with van der Waals surface area (Å²) in [7, 11) is 0. The Labute approximate surface area is 202 Å². The molecule has 0 aliphatic carbocycles. The molecule has 0 spiro atoms. The molecule has 0 saturated carbocycles. The predicted molar refractivity (Wildman–Crippen MR) is 143 cm³/mol. The van der Waals surface area contributed by atoms with Crippen molar-refractivity contribution >= 4 is 0 Å². The summed E-state index contributed by atoms with van der Waals surface area (Å²) >= 11 is 0. The molecule has 1 heteroatoms. The van der Waals surface area contributed by atoms with Gasteiger partial charge in [-0.2, -0.15) is 0 Å². The van der Waals surface area contributed by atoms with Crippen molar-refractivity contribution in [1.82, 2.24) is 0 Å². The van der Waals surface area contributed by atoms with Gasteiger partial charge in [0.15, 0.2) is 12.4 Å². The summed E-state index contributed by atoms with van der Waals surface area (Å²) in [5.74, 6) is 0.963. The van der Waals surface area contributed by atoms with Crippen LogP contribution in [0.25, 0.3) is 0 Å². The van der Waals surface area contributed by atoms with Crippen LogP contribution < -0.4 is 4.57 Å². The van der Waals surface area contributed by atoms with Crippen LogP contribution in [0.3, 0.4) is 0 Å². The second kappa shape index (κ2) is 22.0. The molecule has 0 saturated heterocycles. The molecule has 0 radical (unpaired) electrons. The molecule has 32 heavy (non-hydrogen) atoms. The smallest absolute Gasteiger partial charge is 0.171 e. The number of aryl methyl sites for hydroxylation is 2. The highest BCUT2D eigenvalue weighted by molar-refractivity contribution is 5.05. The zero-order valence-electron chi connectivity index (χ0n) is 22.4. The number of hydrogen-bond donors (Lipinski definition) is 0. The first-order valence-electron chi connectivity index (χ1n) is 14.8. The molecule has 1 nitrogen and oxygen atoms in total. The third-order valence-corrected chi connectivity index (χ3v) is 7.20. The summed E-state index contributed by atoms with van der Waals surface area (Å²) in [6.07, 6.45) is 34.3. The zero-order valence-corrected chi connectivity index (χ0v) is 22.4. The molecule has 0 fully saturated rings.